The monoisotopic (exact) mass is 432 g/mol. The molecule has 0 bridgehead atoms. The number of aromatic nitrogens is 3. The molecule has 2 aromatic heterocycles. The molecule has 0 saturated heterocycles. The van der Waals surface area contributed by atoms with E-state index < -0.39 is 0 Å². The summed E-state index contributed by atoms with van der Waals surface area (Å²) in [5.74, 6) is 2.26. The van der Waals surface area contributed by atoms with E-state index in [1.165, 1.54) is 5.56 Å². The predicted octanol–water partition coefficient (Wildman–Crippen LogP) is 6.54. The minimum atomic E-state index is 0.0755. The molecule has 162 valence electrons. The second-order valence-corrected chi connectivity index (χ2v) is 7.88. The van der Waals surface area contributed by atoms with Crippen molar-refractivity contribution in [3.8, 4) is 28.3 Å². The molecule has 0 saturated carbocycles. The normalized spacial score (nSPS) is 11.8. The molecule has 0 aliphatic rings. The third-order valence-corrected chi connectivity index (χ3v) is 5.67. The number of pyridine rings is 1. The molecule has 0 spiro atoms. The molecular weight excluding hydrogens is 408 g/mol. The number of benzene rings is 3. The first kappa shape index (κ1) is 20.6. The molecule has 1 atom stereocenters. The first-order valence-corrected chi connectivity index (χ1v) is 10.9. The van der Waals surface area contributed by atoms with Gasteiger partial charge in [-0.05, 0) is 60.0 Å². The van der Waals surface area contributed by atoms with Crippen molar-refractivity contribution in [3.05, 3.63) is 103 Å². The van der Waals surface area contributed by atoms with Crippen LogP contribution in [0.4, 0.5) is 5.82 Å². The topological polar surface area (TPSA) is 59.9 Å². The fraction of sp³-hybridized carbons (Fsp3) is 0.107. The summed E-state index contributed by atoms with van der Waals surface area (Å²) in [7, 11) is 1.68. The number of ether oxygens (including phenoxy) is 1. The van der Waals surface area contributed by atoms with Crippen molar-refractivity contribution in [2.24, 2.45) is 0 Å². The molecule has 0 radical (unpaired) electrons. The van der Waals surface area contributed by atoms with Crippen molar-refractivity contribution in [1.29, 1.82) is 0 Å². The van der Waals surface area contributed by atoms with E-state index in [-0.39, 0.29) is 6.04 Å². The summed E-state index contributed by atoms with van der Waals surface area (Å²) < 4.78 is 5.41. The van der Waals surface area contributed by atoms with Gasteiger partial charge in [0.05, 0.1) is 12.6 Å². The average molecular weight is 433 g/mol. The van der Waals surface area contributed by atoms with Gasteiger partial charge in [-0.1, -0.05) is 48.5 Å². The van der Waals surface area contributed by atoms with Gasteiger partial charge in [-0.25, -0.2) is 9.97 Å². The Morgan fingerprint density at radius 2 is 1.61 bits per heavy atom. The third kappa shape index (κ3) is 4.39. The molecule has 0 aliphatic heterocycles. The molecule has 5 rings (SSSR count). The van der Waals surface area contributed by atoms with E-state index >= 15 is 0 Å². The number of methoxy groups -OCH3 is 1. The highest BCUT2D eigenvalue weighted by Gasteiger charge is 2.14. The minimum absolute atomic E-state index is 0.0755. The lowest BCUT2D eigenvalue weighted by molar-refractivity contribution is 0.415. The number of rotatable bonds is 6. The summed E-state index contributed by atoms with van der Waals surface area (Å²) in [6, 6.07) is 28.6. The third-order valence-electron chi connectivity index (χ3n) is 5.67. The molecule has 5 aromatic rings. The second kappa shape index (κ2) is 9.09. The molecule has 0 aliphatic carbocycles. The molecule has 5 nitrogen and oxygen atoms in total. The SMILES string of the molecule is COc1cccc(-c2ccc3nc(-c4cccnc4)nc(NC(C)c4ccccc4)c3c2)c1. The van der Waals surface area contributed by atoms with Crippen LogP contribution < -0.4 is 10.1 Å². The number of nitrogens with zero attached hydrogens (tertiary/aromatic N) is 3. The average Bonchev–Trinajstić information content (AvgIpc) is 2.89. The fourth-order valence-corrected chi connectivity index (χ4v) is 3.87. The van der Waals surface area contributed by atoms with Crippen LogP contribution in [0.2, 0.25) is 0 Å². The van der Waals surface area contributed by atoms with Crippen molar-refractivity contribution in [1.82, 2.24) is 15.0 Å². The lowest BCUT2D eigenvalue weighted by atomic mass is 10.0. The Hall–Kier alpha value is -4.25. The zero-order valence-electron chi connectivity index (χ0n) is 18.6. The first-order chi connectivity index (χ1) is 16.2. The predicted molar refractivity (Wildman–Crippen MR) is 133 cm³/mol. The van der Waals surface area contributed by atoms with Gasteiger partial charge in [0.25, 0.3) is 0 Å². The Labute approximate surface area is 193 Å². The van der Waals surface area contributed by atoms with Crippen molar-refractivity contribution in [2.45, 2.75) is 13.0 Å². The van der Waals surface area contributed by atoms with Gasteiger partial charge in [-0.15, -0.1) is 0 Å². The van der Waals surface area contributed by atoms with E-state index in [4.69, 9.17) is 14.7 Å². The molecule has 2 heterocycles. The van der Waals surface area contributed by atoms with Crippen LogP contribution in [0.15, 0.2) is 97.3 Å². The van der Waals surface area contributed by atoms with Crippen LogP contribution in [-0.4, -0.2) is 22.1 Å². The van der Waals surface area contributed by atoms with Crippen LogP contribution in [-0.2, 0) is 0 Å². The van der Waals surface area contributed by atoms with Crippen LogP contribution in [0.1, 0.15) is 18.5 Å². The minimum Gasteiger partial charge on any atom is -0.497 e. The molecular formula is C28H24N4O. The van der Waals surface area contributed by atoms with Gasteiger partial charge in [0.15, 0.2) is 5.82 Å². The molecule has 0 fully saturated rings. The Kier molecular flexibility index (Phi) is 5.68. The van der Waals surface area contributed by atoms with Crippen molar-refractivity contribution in [2.75, 3.05) is 12.4 Å². The number of nitrogens with one attached hydrogen (secondary N) is 1. The van der Waals surface area contributed by atoms with E-state index in [0.717, 1.165) is 39.2 Å². The first-order valence-electron chi connectivity index (χ1n) is 10.9. The van der Waals surface area contributed by atoms with Gasteiger partial charge in [-0.3, -0.25) is 4.98 Å². The van der Waals surface area contributed by atoms with E-state index in [1.807, 2.05) is 54.6 Å². The largest absolute Gasteiger partial charge is 0.497 e. The Morgan fingerprint density at radius 1 is 0.788 bits per heavy atom. The number of fused-ring (bicyclic) bond motifs is 1. The summed E-state index contributed by atoms with van der Waals surface area (Å²) in [6.07, 6.45) is 3.54. The summed E-state index contributed by atoms with van der Waals surface area (Å²) in [6.45, 7) is 2.14. The highest BCUT2D eigenvalue weighted by molar-refractivity contribution is 5.94. The summed E-state index contributed by atoms with van der Waals surface area (Å²) >= 11 is 0. The van der Waals surface area contributed by atoms with Gasteiger partial charge < -0.3 is 10.1 Å². The molecule has 5 heteroatoms. The van der Waals surface area contributed by atoms with E-state index in [2.05, 4.69) is 47.6 Å². The zero-order valence-corrected chi connectivity index (χ0v) is 18.6. The highest BCUT2D eigenvalue weighted by atomic mass is 16.5. The van der Waals surface area contributed by atoms with Gasteiger partial charge >= 0.3 is 0 Å². The van der Waals surface area contributed by atoms with Crippen molar-refractivity contribution in [3.63, 3.8) is 0 Å². The van der Waals surface area contributed by atoms with E-state index in [0.29, 0.717) is 5.82 Å². The molecule has 0 amide bonds. The molecule has 3 aromatic carbocycles. The summed E-state index contributed by atoms with van der Waals surface area (Å²) in [5.41, 5.74) is 5.10. The summed E-state index contributed by atoms with van der Waals surface area (Å²) in [4.78, 5) is 14.0. The van der Waals surface area contributed by atoms with Crippen LogP contribution in [0.25, 0.3) is 33.4 Å². The Bertz CT molecular complexity index is 1390. The van der Waals surface area contributed by atoms with Gasteiger partial charge in [0.2, 0.25) is 0 Å². The van der Waals surface area contributed by atoms with E-state index in [9.17, 15) is 0 Å². The maximum Gasteiger partial charge on any atom is 0.163 e. The smallest absolute Gasteiger partial charge is 0.163 e. The number of hydrogen-bond donors (Lipinski definition) is 1. The Balaban J connectivity index is 1.64. The maximum absolute atomic E-state index is 5.41. The van der Waals surface area contributed by atoms with Crippen molar-refractivity contribution >= 4 is 16.7 Å². The van der Waals surface area contributed by atoms with Crippen LogP contribution in [0, 0.1) is 0 Å². The van der Waals surface area contributed by atoms with Crippen molar-refractivity contribution < 1.29 is 4.74 Å². The van der Waals surface area contributed by atoms with Crippen LogP contribution in [0.3, 0.4) is 0 Å². The zero-order chi connectivity index (χ0) is 22.6. The second-order valence-electron chi connectivity index (χ2n) is 7.88. The van der Waals surface area contributed by atoms with Crippen LogP contribution in [0.5, 0.6) is 5.75 Å². The molecule has 1 unspecified atom stereocenters. The van der Waals surface area contributed by atoms with Gasteiger partial charge in [0.1, 0.15) is 11.6 Å². The standard InChI is InChI=1S/C28H24N4O/c1-19(20-8-4-3-5-9-20)30-28-25-17-22(21-10-6-12-24(16-21)33-2)13-14-26(25)31-27(32-28)23-11-7-15-29-18-23/h3-19H,1-2H3,(H,30,31,32). The summed E-state index contributed by atoms with van der Waals surface area (Å²) in [5, 5.41) is 4.58. The highest BCUT2D eigenvalue weighted by Crippen LogP contribution is 2.32. The Morgan fingerprint density at radius 3 is 2.39 bits per heavy atom. The number of anilines is 1. The van der Waals surface area contributed by atoms with E-state index in [1.54, 1.807) is 19.5 Å². The molecule has 33 heavy (non-hydrogen) atoms. The fourth-order valence-electron chi connectivity index (χ4n) is 3.87. The lowest BCUT2D eigenvalue weighted by Crippen LogP contribution is -2.09. The van der Waals surface area contributed by atoms with Gasteiger partial charge in [-0.2, -0.15) is 0 Å². The quantitative estimate of drug-likeness (QED) is 0.330. The van der Waals surface area contributed by atoms with Gasteiger partial charge in [0, 0.05) is 29.4 Å². The number of hydrogen-bond acceptors (Lipinski definition) is 5. The maximum atomic E-state index is 5.41. The lowest BCUT2D eigenvalue weighted by Gasteiger charge is -2.18. The molecule has 1 N–H and O–H groups in total. The van der Waals surface area contributed by atoms with Crippen LogP contribution >= 0.6 is 0 Å².